The molecule has 0 amide bonds. The summed E-state index contributed by atoms with van der Waals surface area (Å²) in [6.07, 6.45) is 1.99. The molecule has 0 unspecified atom stereocenters. The molecule has 0 radical (unpaired) electrons. The van der Waals surface area contributed by atoms with Crippen molar-refractivity contribution in [3.05, 3.63) is 41.4 Å². The van der Waals surface area contributed by atoms with Crippen LogP contribution in [0.3, 0.4) is 0 Å². The summed E-state index contributed by atoms with van der Waals surface area (Å²) in [6, 6.07) is 8.49. The zero-order chi connectivity index (χ0) is 15.7. The third kappa shape index (κ3) is 2.47. The molecule has 6 N–H and O–H groups in total. The minimum atomic E-state index is 0.0395. The molecule has 22 heavy (non-hydrogen) atoms. The second-order valence-electron chi connectivity index (χ2n) is 5.10. The number of nitrogens with two attached hydrogens (primary N) is 2. The van der Waals surface area contributed by atoms with Crippen LogP contribution in [0.15, 0.2) is 34.4 Å². The maximum Gasteiger partial charge on any atom is 0.227 e. The van der Waals surface area contributed by atoms with Crippen LogP contribution >= 0.6 is 0 Å². The average molecular weight is 297 g/mol. The molecule has 0 atom stereocenters. The van der Waals surface area contributed by atoms with Crippen molar-refractivity contribution >= 4 is 5.70 Å². The number of nitrogens with zero attached hydrogens (tertiary/aromatic N) is 2. The number of aromatic hydroxyl groups is 1. The van der Waals surface area contributed by atoms with Crippen LogP contribution in [0.1, 0.15) is 30.2 Å². The Morgan fingerprint density at radius 3 is 2.82 bits per heavy atom. The lowest BCUT2D eigenvalue weighted by atomic mass is 10.2. The SMILES string of the molecule is N#C/C(NN)=C(/N)c1nc(-c2cccc(O)c2)oc1C1CC1. The molecule has 1 aliphatic rings. The van der Waals surface area contributed by atoms with E-state index < -0.39 is 0 Å². The van der Waals surface area contributed by atoms with Crippen LogP contribution < -0.4 is 17.0 Å². The van der Waals surface area contributed by atoms with Gasteiger partial charge in [-0.25, -0.2) is 10.8 Å². The van der Waals surface area contributed by atoms with Crippen LogP contribution in [0.2, 0.25) is 0 Å². The maximum absolute atomic E-state index is 9.57. The molecule has 0 aliphatic heterocycles. The van der Waals surface area contributed by atoms with E-state index in [1.165, 1.54) is 0 Å². The van der Waals surface area contributed by atoms with Crippen LogP contribution in [0.25, 0.3) is 17.2 Å². The molecule has 0 spiro atoms. The van der Waals surface area contributed by atoms with E-state index in [4.69, 9.17) is 21.3 Å². The minimum absolute atomic E-state index is 0.0395. The molecule has 0 bridgehead atoms. The first-order valence-corrected chi connectivity index (χ1v) is 6.81. The highest BCUT2D eigenvalue weighted by Gasteiger charge is 2.33. The lowest BCUT2D eigenvalue weighted by molar-refractivity contribution is 0.474. The third-order valence-corrected chi connectivity index (χ3v) is 3.48. The largest absolute Gasteiger partial charge is 0.508 e. The number of oxazole rings is 1. The van der Waals surface area contributed by atoms with Crippen LogP contribution in [-0.4, -0.2) is 10.1 Å². The third-order valence-electron chi connectivity index (χ3n) is 3.48. The lowest BCUT2D eigenvalue weighted by Crippen LogP contribution is -2.23. The number of rotatable bonds is 4. The molecule has 1 fully saturated rings. The molecule has 112 valence electrons. The fraction of sp³-hybridized carbons (Fsp3) is 0.200. The van der Waals surface area contributed by atoms with Crippen molar-refractivity contribution in [3.63, 3.8) is 0 Å². The van der Waals surface area contributed by atoms with E-state index in [-0.39, 0.29) is 23.1 Å². The quantitative estimate of drug-likeness (QED) is 0.382. The van der Waals surface area contributed by atoms with Gasteiger partial charge in [0.05, 0.1) is 5.70 Å². The fourth-order valence-electron chi connectivity index (χ4n) is 2.20. The van der Waals surface area contributed by atoms with Crippen molar-refractivity contribution in [2.75, 3.05) is 0 Å². The molecule has 0 saturated heterocycles. The van der Waals surface area contributed by atoms with Gasteiger partial charge in [-0.15, -0.1) is 0 Å². The Labute approximate surface area is 126 Å². The van der Waals surface area contributed by atoms with Gasteiger partial charge in [-0.3, -0.25) is 0 Å². The molecule has 3 rings (SSSR count). The molecule has 2 aromatic rings. The number of hydrogen-bond acceptors (Lipinski definition) is 7. The molecule has 1 saturated carbocycles. The number of hydrogen-bond donors (Lipinski definition) is 4. The lowest BCUT2D eigenvalue weighted by Gasteiger charge is -2.02. The van der Waals surface area contributed by atoms with Gasteiger partial charge in [0.1, 0.15) is 23.3 Å². The Balaban J connectivity index is 2.11. The van der Waals surface area contributed by atoms with Crippen molar-refractivity contribution < 1.29 is 9.52 Å². The number of phenolic OH excluding ortho intramolecular Hbond substituents is 1. The first kappa shape index (κ1) is 14.0. The van der Waals surface area contributed by atoms with E-state index >= 15 is 0 Å². The molecular weight excluding hydrogens is 282 g/mol. The monoisotopic (exact) mass is 297 g/mol. The van der Waals surface area contributed by atoms with Crippen LogP contribution in [-0.2, 0) is 0 Å². The van der Waals surface area contributed by atoms with Gasteiger partial charge in [0.25, 0.3) is 0 Å². The second kappa shape index (κ2) is 5.42. The van der Waals surface area contributed by atoms with Crippen molar-refractivity contribution in [2.24, 2.45) is 11.6 Å². The summed E-state index contributed by atoms with van der Waals surface area (Å²) in [4.78, 5) is 4.39. The van der Waals surface area contributed by atoms with Crippen LogP contribution in [0.5, 0.6) is 5.75 Å². The molecule has 1 aromatic carbocycles. The van der Waals surface area contributed by atoms with Gasteiger partial charge in [0.15, 0.2) is 5.70 Å². The van der Waals surface area contributed by atoms with Gasteiger partial charge in [-0.05, 0) is 31.0 Å². The van der Waals surface area contributed by atoms with Crippen LogP contribution in [0, 0.1) is 11.3 Å². The van der Waals surface area contributed by atoms with Crippen molar-refractivity contribution in [2.45, 2.75) is 18.8 Å². The van der Waals surface area contributed by atoms with E-state index in [0.717, 1.165) is 12.8 Å². The first-order valence-electron chi connectivity index (χ1n) is 6.81. The summed E-state index contributed by atoms with van der Waals surface area (Å²) >= 11 is 0. The number of nitrogens with one attached hydrogen (secondary N) is 1. The van der Waals surface area contributed by atoms with E-state index in [0.29, 0.717) is 22.9 Å². The summed E-state index contributed by atoms with van der Waals surface area (Å²) in [5, 5.41) is 18.6. The molecular formula is C15H15N5O2. The smallest absolute Gasteiger partial charge is 0.227 e. The topological polar surface area (TPSA) is 134 Å². The minimum Gasteiger partial charge on any atom is -0.508 e. The highest BCUT2D eigenvalue weighted by molar-refractivity contribution is 5.70. The molecule has 1 aliphatic carbocycles. The number of aromatic nitrogens is 1. The summed E-state index contributed by atoms with van der Waals surface area (Å²) in [7, 11) is 0. The second-order valence-corrected chi connectivity index (χ2v) is 5.10. The first-order chi connectivity index (χ1) is 10.6. The van der Waals surface area contributed by atoms with Gasteiger partial charge >= 0.3 is 0 Å². The predicted octanol–water partition coefficient (Wildman–Crippen LogP) is 1.54. The number of benzene rings is 1. The summed E-state index contributed by atoms with van der Waals surface area (Å²) in [6.45, 7) is 0. The number of phenols is 1. The maximum atomic E-state index is 9.57. The van der Waals surface area contributed by atoms with E-state index in [9.17, 15) is 5.11 Å². The van der Waals surface area contributed by atoms with Gasteiger partial charge < -0.3 is 20.7 Å². The number of allylic oxidation sites excluding steroid dienone is 1. The van der Waals surface area contributed by atoms with Crippen molar-refractivity contribution in [3.8, 4) is 23.3 Å². The Bertz CT molecular complexity index is 783. The Morgan fingerprint density at radius 2 is 2.23 bits per heavy atom. The molecule has 1 aromatic heterocycles. The van der Waals surface area contributed by atoms with E-state index in [2.05, 4.69) is 10.4 Å². The standard InChI is InChI=1S/C15H15N5O2/c16-7-11(20-18)12(17)13-14(8-4-5-8)22-15(19-13)9-2-1-3-10(21)6-9/h1-3,6,8,20-21H,4-5,17-18H2/b12-11-. The Hall–Kier alpha value is -2.98. The fourth-order valence-corrected chi connectivity index (χ4v) is 2.20. The zero-order valence-electron chi connectivity index (χ0n) is 11.7. The number of hydrazine groups is 1. The Kier molecular flexibility index (Phi) is 3.45. The Morgan fingerprint density at radius 1 is 1.45 bits per heavy atom. The molecule has 7 nitrogen and oxygen atoms in total. The van der Waals surface area contributed by atoms with Gasteiger partial charge in [-0.2, -0.15) is 5.26 Å². The van der Waals surface area contributed by atoms with Crippen molar-refractivity contribution in [1.29, 1.82) is 5.26 Å². The van der Waals surface area contributed by atoms with E-state index in [1.807, 2.05) is 6.07 Å². The summed E-state index contributed by atoms with van der Waals surface area (Å²) in [5.41, 5.74) is 9.52. The van der Waals surface area contributed by atoms with Gasteiger partial charge in [-0.1, -0.05) is 6.07 Å². The number of nitriles is 1. The zero-order valence-corrected chi connectivity index (χ0v) is 11.7. The average Bonchev–Trinajstić information content (AvgIpc) is 3.27. The highest BCUT2D eigenvalue weighted by atomic mass is 16.4. The summed E-state index contributed by atoms with van der Waals surface area (Å²) < 4.78 is 5.83. The normalized spacial score (nSPS) is 15.1. The molecule has 7 heteroatoms. The van der Waals surface area contributed by atoms with Crippen molar-refractivity contribution in [1.82, 2.24) is 10.4 Å². The molecule has 1 heterocycles. The predicted molar refractivity (Wildman–Crippen MR) is 79.6 cm³/mol. The van der Waals surface area contributed by atoms with Gasteiger partial charge in [0.2, 0.25) is 5.89 Å². The van der Waals surface area contributed by atoms with E-state index in [1.54, 1.807) is 24.3 Å². The highest BCUT2D eigenvalue weighted by Crippen LogP contribution is 2.44. The van der Waals surface area contributed by atoms with Crippen LogP contribution in [0.4, 0.5) is 0 Å². The summed E-state index contributed by atoms with van der Waals surface area (Å²) in [5.74, 6) is 6.68. The van der Waals surface area contributed by atoms with Gasteiger partial charge in [0, 0.05) is 11.5 Å².